The molecule has 1 aliphatic rings. The third-order valence-corrected chi connectivity index (χ3v) is 5.63. The number of hydrogen-bond acceptors (Lipinski definition) is 4. The molecule has 3 rings (SSSR count). The first-order valence-electron chi connectivity index (χ1n) is 9.67. The number of aliphatic hydroxyl groups excluding tert-OH is 1. The quantitative estimate of drug-likeness (QED) is 0.833. The molecule has 1 heterocycles. The molecule has 28 heavy (non-hydrogen) atoms. The lowest BCUT2D eigenvalue weighted by atomic mass is 9.89. The lowest BCUT2D eigenvalue weighted by molar-refractivity contribution is 0.0730. The second-order valence-electron chi connectivity index (χ2n) is 8.22. The molecule has 1 fully saturated rings. The van der Waals surface area contributed by atoms with Gasteiger partial charge in [-0.25, -0.2) is 0 Å². The summed E-state index contributed by atoms with van der Waals surface area (Å²) in [6.07, 6.45) is 1.12. The van der Waals surface area contributed by atoms with Crippen molar-refractivity contribution in [2.45, 2.75) is 20.0 Å². The van der Waals surface area contributed by atoms with Gasteiger partial charge in [0.15, 0.2) is 0 Å². The van der Waals surface area contributed by atoms with Crippen LogP contribution in [0.4, 0.5) is 0 Å². The van der Waals surface area contributed by atoms with Crippen LogP contribution in [0.5, 0.6) is 5.75 Å². The van der Waals surface area contributed by atoms with Gasteiger partial charge in [0.2, 0.25) is 0 Å². The number of rotatable bonds is 6. The fourth-order valence-corrected chi connectivity index (χ4v) is 4.15. The fourth-order valence-electron chi connectivity index (χ4n) is 4.15. The Morgan fingerprint density at radius 1 is 1.21 bits per heavy atom. The van der Waals surface area contributed by atoms with Crippen molar-refractivity contribution in [3.05, 3.63) is 53.6 Å². The summed E-state index contributed by atoms with van der Waals surface area (Å²) in [5.74, 6) is 0.721. The molecule has 1 atom stereocenters. The van der Waals surface area contributed by atoms with E-state index in [4.69, 9.17) is 4.74 Å². The Balaban J connectivity index is 1.72. The number of amides is 1. The van der Waals surface area contributed by atoms with Gasteiger partial charge in [-0.15, -0.1) is 0 Å². The van der Waals surface area contributed by atoms with E-state index in [0.717, 1.165) is 42.7 Å². The maximum absolute atomic E-state index is 12.9. The summed E-state index contributed by atoms with van der Waals surface area (Å²) < 4.78 is 5.26. The summed E-state index contributed by atoms with van der Waals surface area (Å²) in [7, 11) is 5.61. The molecule has 0 unspecified atom stereocenters. The molecule has 5 nitrogen and oxygen atoms in total. The molecule has 0 radical (unpaired) electrons. The molecule has 5 heteroatoms. The van der Waals surface area contributed by atoms with Crippen LogP contribution in [0, 0.1) is 5.41 Å². The number of benzene rings is 2. The van der Waals surface area contributed by atoms with Gasteiger partial charge in [0.1, 0.15) is 5.75 Å². The van der Waals surface area contributed by atoms with Crippen molar-refractivity contribution >= 4 is 5.91 Å². The first kappa shape index (κ1) is 20.4. The SMILES string of the molecule is COc1ccc(-c2ccc(C(=O)N(C)C[C@]3(C)CCN(C)C3)cc2)cc1CO. The second-order valence-corrected chi connectivity index (χ2v) is 8.22. The van der Waals surface area contributed by atoms with Crippen LogP contribution >= 0.6 is 0 Å². The van der Waals surface area contributed by atoms with E-state index in [1.807, 2.05) is 54.4 Å². The van der Waals surface area contributed by atoms with Gasteiger partial charge < -0.3 is 19.6 Å². The molecule has 2 aromatic rings. The van der Waals surface area contributed by atoms with Crippen LogP contribution in [0.3, 0.4) is 0 Å². The van der Waals surface area contributed by atoms with Crippen molar-refractivity contribution in [2.24, 2.45) is 5.41 Å². The van der Waals surface area contributed by atoms with E-state index in [2.05, 4.69) is 18.9 Å². The monoisotopic (exact) mass is 382 g/mol. The zero-order chi connectivity index (χ0) is 20.3. The van der Waals surface area contributed by atoms with Crippen LogP contribution in [-0.4, -0.2) is 61.7 Å². The predicted octanol–water partition coefficient (Wildman–Crippen LogP) is 3.27. The first-order chi connectivity index (χ1) is 13.3. The Labute approximate surface area is 167 Å². The summed E-state index contributed by atoms with van der Waals surface area (Å²) in [6.45, 7) is 5.05. The maximum Gasteiger partial charge on any atom is 0.253 e. The van der Waals surface area contributed by atoms with Gasteiger partial charge in [0.05, 0.1) is 13.7 Å². The summed E-state index contributed by atoms with van der Waals surface area (Å²) >= 11 is 0. The lowest BCUT2D eigenvalue weighted by Crippen LogP contribution is -2.38. The van der Waals surface area contributed by atoms with Crippen LogP contribution in [-0.2, 0) is 6.61 Å². The zero-order valence-corrected chi connectivity index (χ0v) is 17.2. The Hall–Kier alpha value is -2.37. The molecule has 1 amide bonds. The number of methoxy groups -OCH3 is 1. The first-order valence-corrected chi connectivity index (χ1v) is 9.67. The van der Waals surface area contributed by atoms with Gasteiger partial charge in [0, 0.05) is 31.3 Å². The molecular weight excluding hydrogens is 352 g/mol. The van der Waals surface area contributed by atoms with Crippen LogP contribution in [0.25, 0.3) is 11.1 Å². The number of nitrogens with zero attached hydrogens (tertiary/aromatic N) is 2. The van der Waals surface area contributed by atoms with Crippen molar-refractivity contribution in [3.63, 3.8) is 0 Å². The van der Waals surface area contributed by atoms with E-state index < -0.39 is 0 Å². The normalized spacial score (nSPS) is 19.6. The number of likely N-dealkylation sites (tertiary alicyclic amines) is 1. The van der Waals surface area contributed by atoms with E-state index in [0.29, 0.717) is 11.3 Å². The molecule has 150 valence electrons. The van der Waals surface area contributed by atoms with Gasteiger partial charge in [-0.2, -0.15) is 0 Å². The molecule has 1 aliphatic heterocycles. The molecule has 2 aromatic carbocycles. The average molecular weight is 383 g/mol. The minimum atomic E-state index is -0.0770. The summed E-state index contributed by atoms with van der Waals surface area (Å²) in [5, 5.41) is 9.52. The van der Waals surface area contributed by atoms with Gasteiger partial charge in [-0.3, -0.25) is 4.79 Å². The van der Waals surface area contributed by atoms with Crippen LogP contribution < -0.4 is 4.74 Å². The molecular formula is C23H30N2O3. The van der Waals surface area contributed by atoms with Gasteiger partial charge in [0.25, 0.3) is 5.91 Å². The van der Waals surface area contributed by atoms with E-state index >= 15 is 0 Å². The summed E-state index contributed by atoms with van der Waals surface area (Å²) in [6, 6.07) is 13.4. The number of carbonyl (C=O) groups excluding carboxylic acids is 1. The number of aliphatic hydroxyl groups is 1. The van der Waals surface area contributed by atoms with Crippen molar-refractivity contribution < 1.29 is 14.6 Å². The Kier molecular flexibility index (Phi) is 6.06. The topological polar surface area (TPSA) is 53.0 Å². The third kappa shape index (κ3) is 4.37. The van der Waals surface area contributed by atoms with Crippen LogP contribution in [0.2, 0.25) is 0 Å². The van der Waals surface area contributed by atoms with Crippen molar-refractivity contribution in [3.8, 4) is 16.9 Å². The molecule has 0 saturated carbocycles. The Bertz CT molecular complexity index is 834. The molecule has 1 saturated heterocycles. The standard InChI is InChI=1S/C23H30N2O3/c1-23(11-12-24(2)15-23)16-25(3)22(27)18-7-5-17(6-8-18)19-9-10-21(28-4)20(13-19)14-26/h5-10,13,26H,11-12,14-16H2,1-4H3/t23-/m1/s1. The number of hydrogen-bond donors (Lipinski definition) is 1. The Morgan fingerprint density at radius 3 is 2.46 bits per heavy atom. The predicted molar refractivity (Wildman–Crippen MR) is 112 cm³/mol. The van der Waals surface area contributed by atoms with Gasteiger partial charge in [-0.05, 0) is 60.8 Å². The van der Waals surface area contributed by atoms with Crippen molar-refractivity contribution in [1.82, 2.24) is 9.80 Å². The van der Waals surface area contributed by atoms with Gasteiger partial charge >= 0.3 is 0 Å². The summed E-state index contributed by atoms with van der Waals surface area (Å²) in [4.78, 5) is 17.0. The van der Waals surface area contributed by atoms with E-state index in [9.17, 15) is 9.90 Å². The minimum Gasteiger partial charge on any atom is -0.496 e. The second kappa shape index (κ2) is 8.33. The summed E-state index contributed by atoms with van der Waals surface area (Å²) in [5.41, 5.74) is 3.58. The largest absolute Gasteiger partial charge is 0.496 e. The van der Waals surface area contributed by atoms with E-state index in [1.165, 1.54) is 0 Å². The molecule has 0 aliphatic carbocycles. The third-order valence-electron chi connectivity index (χ3n) is 5.63. The average Bonchev–Trinajstić information content (AvgIpc) is 3.05. The molecule has 0 aromatic heterocycles. The molecule has 0 spiro atoms. The highest BCUT2D eigenvalue weighted by atomic mass is 16.5. The molecule has 1 N–H and O–H groups in total. The van der Waals surface area contributed by atoms with Crippen molar-refractivity contribution in [1.29, 1.82) is 0 Å². The minimum absolute atomic E-state index is 0.0492. The maximum atomic E-state index is 12.9. The zero-order valence-electron chi connectivity index (χ0n) is 17.2. The lowest BCUT2D eigenvalue weighted by Gasteiger charge is -2.30. The Morgan fingerprint density at radius 2 is 1.89 bits per heavy atom. The van der Waals surface area contributed by atoms with Gasteiger partial charge in [-0.1, -0.05) is 25.1 Å². The van der Waals surface area contributed by atoms with Crippen LogP contribution in [0.15, 0.2) is 42.5 Å². The van der Waals surface area contributed by atoms with Crippen LogP contribution in [0.1, 0.15) is 29.3 Å². The number of ether oxygens (including phenoxy) is 1. The van der Waals surface area contributed by atoms with Crippen molar-refractivity contribution in [2.75, 3.05) is 40.8 Å². The fraction of sp³-hybridized carbons (Fsp3) is 0.435. The number of carbonyl (C=O) groups is 1. The van der Waals surface area contributed by atoms with E-state index in [-0.39, 0.29) is 17.9 Å². The smallest absolute Gasteiger partial charge is 0.253 e. The molecule has 0 bridgehead atoms. The highest BCUT2D eigenvalue weighted by Gasteiger charge is 2.34. The van der Waals surface area contributed by atoms with E-state index in [1.54, 1.807) is 7.11 Å². The highest BCUT2D eigenvalue weighted by molar-refractivity contribution is 5.94. The highest BCUT2D eigenvalue weighted by Crippen LogP contribution is 2.30.